The van der Waals surface area contributed by atoms with Gasteiger partial charge in [-0.05, 0) is 82.3 Å². The highest BCUT2D eigenvalue weighted by Crippen LogP contribution is 2.41. The molecule has 0 bridgehead atoms. The van der Waals surface area contributed by atoms with Gasteiger partial charge in [0.2, 0.25) is 11.7 Å². The van der Waals surface area contributed by atoms with Crippen molar-refractivity contribution >= 4 is 45.2 Å². The summed E-state index contributed by atoms with van der Waals surface area (Å²) in [5.74, 6) is -3.14. The van der Waals surface area contributed by atoms with Crippen LogP contribution < -0.4 is 10.6 Å². The Hall–Kier alpha value is -4.07. The molecule has 0 aromatic heterocycles. The molecular formula is C48H72N4O9S. The molecule has 2 heterocycles. The van der Waals surface area contributed by atoms with Gasteiger partial charge in [-0.3, -0.25) is 19.2 Å². The molecule has 5 rings (SSSR count). The van der Waals surface area contributed by atoms with E-state index >= 15 is 4.79 Å². The summed E-state index contributed by atoms with van der Waals surface area (Å²) in [4.78, 5) is 87.4. The van der Waals surface area contributed by atoms with E-state index in [-0.39, 0.29) is 31.6 Å². The zero-order valence-electron chi connectivity index (χ0n) is 37.9. The SMILES string of the molecule is C=CCCC(=O)C(=O)C(CCCC)CC(=O)[C@@H]1C[C@@H](OC(=O)N2CCc3ccccc3C2)CN1C(=O)[C@@H](NC(=O)NC1(CS(=O)(=O)C(C)(C)C)CCCCC1)C1(C)CCCCC1. The predicted octanol–water partition coefficient (Wildman–Crippen LogP) is 7.58. The normalized spacial score (nSPS) is 22.1. The molecule has 0 spiro atoms. The van der Waals surface area contributed by atoms with Crippen molar-refractivity contribution in [2.75, 3.05) is 18.8 Å². The molecular weight excluding hydrogens is 809 g/mol. The van der Waals surface area contributed by atoms with Crippen LogP contribution >= 0.6 is 0 Å². The van der Waals surface area contributed by atoms with Crippen LogP contribution in [0.5, 0.6) is 0 Å². The molecule has 2 N–H and O–H groups in total. The van der Waals surface area contributed by atoms with Gasteiger partial charge in [-0.2, -0.15) is 0 Å². The number of nitrogens with zero attached hydrogens (tertiary/aromatic N) is 2. The summed E-state index contributed by atoms with van der Waals surface area (Å²) in [6.07, 6.45) is 9.96. The highest BCUT2D eigenvalue weighted by atomic mass is 32.2. The third-order valence-corrected chi connectivity index (χ3v) is 16.8. The highest BCUT2D eigenvalue weighted by Gasteiger charge is 2.50. The summed E-state index contributed by atoms with van der Waals surface area (Å²) in [5.41, 5.74) is 0.472. The van der Waals surface area contributed by atoms with Gasteiger partial charge >= 0.3 is 12.1 Å². The predicted molar refractivity (Wildman–Crippen MR) is 239 cm³/mol. The number of amides is 4. The Balaban J connectivity index is 1.44. The Morgan fingerprint density at radius 3 is 2.24 bits per heavy atom. The summed E-state index contributed by atoms with van der Waals surface area (Å²) >= 11 is 0. The molecule has 62 heavy (non-hydrogen) atoms. The summed E-state index contributed by atoms with van der Waals surface area (Å²) in [6, 6.07) is 5.10. The third kappa shape index (κ3) is 12.1. The van der Waals surface area contributed by atoms with Crippen molar-refractivity contribution in [1.29, 1.82) is 0 Å². The lowest BCUT2D eigenvalue weighted by atomic mass is 9.70. The van der Waals surface area contributed by atoms with E-state index in [2.05, 4.69) is 17.2 Å². The van der Waals surface area contributed by atoms with E-state index in [0.29, 0.717) is 64.5 Å². The van der Waals surface area contributed by atoms with Gasteiger partial charge in [-0.25, -0.2) is 18.0 Å². The lowest BCUT2D eigenvalue weighted by molar-refractivity contribution is -0.144. The van der Waals surface area contributed by atoms with E-state index in [4.69, 9.17) is 4.74 Å². The molecule has 2 saturated carbocycles. The lowest BCUT2D eigenvalue weighted by Crippen LogP contribution is -2.64. The Morgan fingerprint density at radius 2 is 1.61 bits per heavy atom. The second kappa shape index (κ2) is 21.1. The van der Waals surface area contributed by atoms with E-state index in [1.54, 1.807) is 31.7 Å². The van der Waals surface area contributed by atoms with Crippen molar-refractivity contribution in [3.05, 3.63) is 48.0 Å². The van der Waals surface area contributed by atoms with Crippen LogP contribution in [-0.2, 0) is 46.7 Å². The number of unbranched alkanes of at least 4 members (excludes halogenated alkanes) is 1. The molecule has 14 heteroatoms. The quantitative estimate of drug-likeness (QED) is 0.111. The fourth-order valence-corrected chi connectivity index (χ4v) is 11.4. The first-order valence-corrected chi connectivity index (χ1v) is 24.8. The minimum absolute atomic E-state index is 0.00322. The van der Waals surface area contributed by atoms with E-state index in [0.717, 1.165) is 50.5 Å². The highest BCUT2D eigenvalue weighted by molar-refractivity contribution is 7.92. The first-order valence-electron chi connectivity index (χ1n) is 23.2. The van der Waals surface area contributed by atoms with Crippen molar-refractivity contribution in [2.24, 2.45) is 11.3 Å². The van der Waals surface area contributed by atoms with Gasteiger partial charge < -0.3 is 25.2 Å². The maximum atomic E-state index is 15.3. The number of likely N-dealkylation sites (tertiary alicyclic amines) is 1. The van der Waals surface area contributed by atoms with Gasteiger partial charge in [0.25, 0.3) is 0 Å². The maximum absolute atomic E-state index is 15.3. The number of nitrogens with one attached hydrogen (secondary N) is 2. The summed E-state index contributed by atoms with van der Waals surface area (Å²) < 4.78 is 32.2. The summed E-state index contributed by atoms with van der Waals surface area (Å²) in [6.45, 7) is 13.3. The minimum Gasteiger partial charge on any atom is -0.444 e. The number of hydrogen-bond acceptors (Lipinski definition) is 9. The molecule has 1 aromatic rings. The molecule has 0 radical (unpaired) electrons. The number of urea groups is 1. The molecule has 4 amide bonds. The van der Waals surface area contributed by atoms with Gasteiger partial charge in [0.05, 0.1) is 28.6 Å². The second-order valence-corrected chi connectivity index (χ2v) is 22.5. The monoisotopic (exact) mass is 881 g/mol. The van der Waals surface area contributed by atoms with Crippen molar-refractivity contribution in [3.8, 4) is 0 Å². The summed E-state index contributed by atoms with van der Waals surface area (Å²) in [7, 11) is -3.63. The lowest BCUT2D eigenvalue weighted by Gasteiger charge is -2.44. The van der Waals surface area contributed by atoms with Gasteiger partial charge in [-0.15, -0.1) is 6.58 Å². The zero-order chi connectivity index (χ0) is 45.3. The van der Waals surface area contributed by atoms with E-state index in [1.165, 1.54) is 10.5 Å². The molecule has 3 fully saturated rings. The van der Waals surface area contributed by atoms with Crippen LogP contribution in [0.4, 0.5) is 9.59 Å². The number of Topliss-reactive ketones (excluding diaryl/α,β-unsaturated/α-hetero) is 3. The Labute approximate surface area is 369 Å². The molecule has 1 unspecified atom stereocenters. The van der Waals surface area contributed by atoms with Crippen LogP contribution in [0.2, 0.25) is 0 Å². The standard InChI is InChI=1S/C48H72N4O9S/c1-7-9-19-35(41(55)39(53)22-10-8-2)29-40(54)38-30-37(61-45(58)51-28-23-34-20-13-14-21-36(34)31-51)32-52(38)43(56)42(47(6)24-15-11-16-25-47)49-44(57)50-48(26-17-12-18-27-48)33-62(59,60)46(3,4)5/h8,13-14,20-21,35,37-38,42H,2,7,9-12,15-19,22-33H2,1,3-6H3,(H2,49,50,57)/t35?,37-,38+,42-/m1/s1. The van der Waals surface area contributed by atoms with E-state index < -0.39 is 85.0 Å². The zero-order valence-corrected chi connectivity index (χ0v) is 38.8. The average molecular weight is 881 g/mol. The number of ketones is 3. The molecule has 344 valence electrons. The summed E-state index contributed by atoms with van der Waals surface area (Å²) in [5, 5.41) is 6.10. The average Bonchev–Trinajstić information content (AvgIpc) is 3.66. The van der Waals surface area contributed by atoms with Crippen molar-refractivity contribution < 1.29 is 41.9 Å². The molecule has 1 aromatic carbocycles. The van der Waals surface area contributed by atoms with Gasteiger partial charge in [0, 0.05) is 38.3 Å². The fraction of sp³-hybridized carbons (Fsp3) is 0.708. The van der Waals surface area contributed by atoms with Gasteiger partial charge in [0.15, 0.2) is 21.4 Å². The fourth-order valence-electron chi connectivity index (χ4n) is 9.91. The third-order valence-electron chi connectivity index (χ3n) is 14.0. The number of sulfone groups is 1. The number of ether oxygens (including phenoxy) is 1. The van der Waals surface area contributed by atoms with Crippen LogP contribution in [0.1, 0.15) is 155 Å². The van der Waals surface area contributed by atoms with Gasteiger partial charge in [0.1, 0.15) is 12.1 Å². The number of carbonyl (C=O) groups is 6. The van der Waals surface area contributed by atoms with Crippen molar-refractivity contribution in [2.45, 2.75) is 185 Å². The van der Waals surface area contributed by atoms with Crippen molar-refractivity contribution in [3.63, 3.8) is 0 Å². The Morgan fingerprint density at radius 1 is 0.968 bits per heavy atom. The van der Waals surface area contributed by atoms with Gasteiger partial charge in [-0.1, -0.05) is 95.6 Å². The molecule has 2 aliphatic carbocycles. The number of benzene rings is 1. The largest absolute Gasteiger partial charge is 0.444 e. The molecule has 13 nitrogen and oxygen atoms in total. The van der Waals surface area contributed by atoms with Crippen LogP contribution in [-0.4, -0.2) is 101 Å². The number of fused-ring (bicyclic) bond motifs is 1. The van der Waals surface area contributed by atoms with Crippen LogP contribution in [0.15, 0.2) is 36.9 Å². The van der Waals surface area contributed by atoms with Crippen LogP contribution in [0, 0.1) is 11.3 Å². The molecule has 2 aliphatic heterocycles. The Bertz CT molecular complexity index is 1910. The topological polar surface area (TPSA) is 176 Å². The molecule has 4 atom stereocenters. The van der Waals surface area contributed by atoms with E-state index in [1.807, 2.05) is 38.1 Å². The first-order chi connectivity index (χ1) is 29.3. The van der Waals surface area contributed by atoms with Crippen LogP contribution in [0.3, 0.4) is 0 Å². The smallest absolute Gasteiger partial charge is 0.410 e. The molecule has 4 aliphatic rings. The number of hydrogen-bond donors (Lipinski definition) is 2. The minimum atomic E-state index is -3.63. The number of rotatable bonds is 18. The van der Waals surface area contributed by atoms with E-state index in [9.17, 15) is 32.4 Å². The van der Waals surface area contributed by atoms with Crippen molar-refractivity contribution in [1.82, 2.24) is 20.4 Å². The van der Waals surface area contributed by atoms with Crippen LogP contribution in [0.25, 0.3) is 0 Å². The number of carbonyl (C=O) groups excluding carboxylic acids is 6. The first kappa shape index (κ1) is 49.0. The molecule has 1 saturated heterocycles. The second-order valence-electron chi connectivity index (χ2n) is 19.8. The Kier molecular flexibility index (Phi) is 16.6. The maximum Gasteiger partial charge on any atom is 0.410 e. The number of allylic oxidation sites excluding steroid dienone is 1.